The Kier molecular flexibility index (Phi) is 6.77. The van der Waals surface area contributed by atoms with Gasteiger partial charge >= 0.3 is 6.03 Å². The molecule has 0 aliphatic carbocycles. The quantitative estimate of drug-likeness (QED) is 0.720. The molecule has 0 saturated carbocycles. The number of hydrogen-bond acceptors (Lipinski definition) is 4. The summed E-state index contributed by atoms with van der Waals surface area (Å²) in [6, 6.07) is 8.50. The van der Waals surface area contributed by atoms with Gasteiger partial charge < -0.3 is 24.5 Å². The maximum absolute atomic E-state index is 11.8. The summed E-state index contributed by atoms with van der Waals surface area (Å²) in [6.07, 6.45) is 2.30. The van der Waals surface area contributed by atoms with Crippen LogP contribution in [0.15, 0.2) is 41.0 Å². The summed E-state index contributed by atoms with van der Waals surface area (Å²) >= 11 is 6.00. The molecule has 1 aromatic heterocycles. The highest BCUT2D eigenvalue weighted by atomic mass is 35.5. The molecular weight excluding hydrogens is 320 g/mol. The average Bonchev–Trinajstić information content (AvgIpc) is 3.04. The highest BCUT2D eigenvalue weighted by molar-refractivity contribution is 6.32. The van der Waals surface area contributed by atoms with E-state index in [1.54, 1.807) is 24.5 Å². The van der Waals surface area contributed by atoms with Crippen molar-refractivity contribution in [1.82, 2.24) is 5.32 Å². The number of anilines is 1. The lowest BCUT2D eigenvalue weighted by Gasteiger charge is -2.12. The van der Waals surface area contributed by atoms with Gasteiger partial charge in [-0.1, -0.05) is 17.7 Å². The van der Waals surface area contributed by atoms with Crippen LogP contribution in [0.5, 0.6) is 5.75 Å². The largest absolute Gasteiger partial charge is 0.493 e. The molecular formula is C16H19ClN2O4. The van der Waals surface area contributed by atoms with Crippen molar-refractivity contribution >= 4 is 23.3 Å². The molecule has 0 aliphatic rings. The molecule has 2 rings (SSSR count). The summed E-state index contributed by atoms with van der Waals surface area (Å²) < 4.78 is 15.7. The summed E-state index contributed by atoms with van der Waals surface area (Å²) in [6.45, 7) is 1.45. The van der Waals surface area contributed by atoms with E-state index in [4.69, 9.17) is 25.5 Å². The number of para-hydroxylation sites is 1. The zero-order chi connectivity index (χ0) is 16.5. The Bertz CT molecular complexity index is 617. The first-order chi connectivity index (χ1) is 11.2. The van der Waals surface area contributed by atoms with Crippen molar-refractivity contribution in [2.75, 3.05) is 25.6 Å². The van der Waals surface area contributed by atoms with Gasteiger partial charge in [-0.3, -0.25) is 0 Å². The molecule has 0 unspecified atom stereocenters. The first kappa shape index (κ1) is 17.2. The van der Waals surface area contributed by atoms with E-state index in [9.17, 15) is 4.79 Å². The molecule has 0 radical (unpaired) electrons. The molecule has 0 fully saturated rings. The molecule has 0 spiro atoms. The fourth-order valence-electron chi connectivity index (χ4n) is 1.92. The van der Waals surface area contributed by atoms with Crippen molar-refractivity contribution in [1.29, 1.82) is 0 Å². The van der Waals surface area contributed by atoms with Crippen molar-refractivity contribution in [3.05, 3.63) is 47.4 Å². The summed E-state index contributed by atoms with van der Waals surface area (Å²) in [7, 11) is 1.50. The number of halogens is 1. The Hall–Kier alpha value is -2.18. The van der Waals surface area contributed by atoms with Crippen LogP contribution in [0.1, 0.15) is 12.2 Å². The predicted molar refractivity (Wildman–Crippen MR) is 88.0 cm³/mol. The normalized spacial score (nSPS) is 10.3. The molecule has 23 heavy (non-hydrogen) atoms. The van der Waals surface area contributed by atoms with Gasteiger partial charge in [-0.05, 0) is 30.7 Å². The maximum atomic E-state index is 11.8. The molecule has 2 amide bonds. The monoisotopic (exact) mass is 338 g/mol. The van der Waals surface area contributed by atoms with E-state index in [0.29, 0.717) is 42.6 Å². The van der Waals surface area contributed by atoms with Crippen molar-refractivity contribution in [3.8, 4) is 5.75 Å². The highest BCUT2D eigenvalue weighted by Gasteiger charge is 2.09. The van der Waals surface area contributed by atoms with Gasteiger partial charge in [0, 0.05) is 13.2 Å². The lowest BCUT2D eigenvalue weighted by Crippen LogP contribution is -2.30. The van der Waals surface area contributed by atoms with Gasteiger partial charge in [0.25, 0.3) is 0 Å². The zero-order valence-corrected chi connectivity index (χ0v) is 13.6. The second-order valence-electron chi connectivity index (χ2n) is 4.69. The average molecular weight is 339 g/mol. The second kappa shape index (κ2) is 9.07. The van der Waals surface area contributed by atoms with E-state index < -0.39 is 0 Å². The summed E-state index contributed by atoms with van der Waals surface area (Å²) in [5.74, 6) is 1.22. The SMILES string of the molecule is COc1c(Cl)cccc1NC(=O)NCCCOCc1ccco1. The van der Waals surface area contributed by atoms with E-state index in [-0.39, 0.29) is 6.03 Å². The molecule has 124 valence electrons. The Morgan fingerprint density at radius 1 is 1.30 bits per heavy atom. The van der Waals surface area contributed by atoms with Crippen LogP contribution in [0.25, 0.3) is 0 Å². The third-order valence-corrected chi connectivity index (χ3v) is 3.29. The van der Waals surface area contributed by atoms with E-state index in [0.717, 1.165) is 5.76 Å². The first-order valence-corrected chi connectivity index (χ1v) is 7.56. The van der Waals surface area contributed by atoms with Crippen LogP contribution in [0, 0.1) is 0 Å². The number of urea groups is 1. The van der Waals surface area contributed by atoms with Gasteiger partial charge in [-0.2, -0.15) is 0 Å². The van der Waals surface area contributed by atoms with Gasteiger partial charge in [-0.15, -0.1) is 0 Å². The van der Waals surface area contributed by atoms with Gasteiger partial charge in [0.15, 0.2) is 5.75 Å². The van der Waals surface area contributed by atoms with Crippen LogP contribution in [-0.2, 0) is 11.3 Å². The van der Waals surface area contributed by atoms with Crippen LogP contribution in [0.2, 0.25) is 5.02 Å². The van der Waals surface area contributed by atoms with Crippen LogP contribution >= 0.6 is 11.6 Å². The molecule has 0 bridgehead atoms. The van der Waals surface area contributed by atoms with Crippen molar-refractivity contribution in [2.45, 2.75) is 13.0 Å². The fraction of sp³-hybridized carbons (Fsp3) is 0.312. The topological polar surface area (TPSA) is 72.7 Å². The standard InChI is InChI=1S/C16H19ClN2O4/c1-21-15-13(17)6-2-7-14(15)19-16(20)18-8-4-9-22-11-12-5-3-10-23-12/h2-3,5-7,10H,4,8-9,11H2,1H3,(H2,18,19,20). The number of benzene rings is 1. The molecule has 6 nitrogen and oxygen atoms in total. The number of amides is 2. The maximum Gasteiger partial charge on any atom is 0.319 e. The second-order valence-corrected chi connectivity index (χ2v) is 5.09. The number of methoxy groups -OCH3 is 1. The van der Waals surface area contributed by atoms with Crippen LogP contribution in [-0.4, -0.2) is 26.3 Å². The minimum atomic E-state index is -0.323. The van der Waals surface area contributed by atoms with E-state index in [1.165, 1.54) is 7.11 Å². The number of furan rings is 1. The number of rotatable bonds is 8. The molecule has 0 atom stereocenters. The molecule has 2 aromatic rings. The Balaban J connectivity index is 1.64. The third-order valence-electron chi connectivity index (χ3n) is 2.99. The number of carbonyl (C=O) groups is 1. The van der Waals surface area contributed by atoms with Gasteiger partial charge in [0.1, 0.15) is 12.4 Å². The van der Waals surface area contributed by atoms with Gasteiger partial charge in [0.2, 0.25) is 0 Å². The van der Waals surface area contributed by atoms with Crippen LogP contribution in [0.4, 0.5) is 10.5 Å². The molecule has 1 heterocycles. The predicted octanol–water partition coefficient (Wildman–Crippen LogP) is 3.67. The number of ether oxygens (including phenoxy) is 2. The Morgan fingerprint density at radius 3 is 2.91 bits per heavy atom. The lowest BCUT2D eigenvalue weighted by atomic mass is 10.3. The summed E-state index contributed by atoms with van der Waals surface area (Å²) in [4.78, 5) is 11.8. The molecule has 1 aromatic carbocycles. The number of carbonyl (C=O) groups excluding carboxylic acids is 1. The number of nitrogens with one attached hydrogen (secondary N) is 2. The smallest absolute Gasteiger partial charge is 0.319 e. The van der Waals surface area contributed by atoms with Crippen LogP contribution < -0.4 is 15.4 Å². The fourth-order valence-corrected chi connectivity index (χ4v) is 2.18. The third kappa shape index (κ3) is 5.50. The van der Waals surface area contributed by atoms with Gasteiger partial charge in [-0.25, -0.2) is 4.79 Å². The van der Waals surface area contributed by atoms with E-state index in [2.05, 4.69) is 10.6 Å². The Labute approximate surface area is 139 Å². The number of hydrogen-bond donors (Lipinski definition) is 2. The van der Waals surface area contributed by atoms with E-state index >= 15 is 0 Å². The molecule has 0 saturated heterocycles. The molecule has 0 aliphatic heterocycles. The first-order valence-electron chi connectivity index (χ1n) is 7.18. The van der Waals surface area contributed by atoms with Crippen LogP contribution in [0.3, 0.4) is 0 Å². The highest BCUT2D eigenvalue weighted by Crippen LogP contribution is 2.32. The minimum Gasteiger partial charge on any atom is -0.493 e. The zero-order valence-electron chi connectivity index (χ0n) is 12.8. The minimum absolute atomic E-state index is 0.323. The molecule has 2 N–H and O–H groups in total. The van der Waals surface area contributed by atoms with E-state index in [1.807, 2.05) is 12.1 Å². The van der Waals surface area contributed by atoms with Crippen molar-refractivity contribution in [2.24, 2.45) is 0 Å². The Morgan fingerprint density at radius 2 is 2.17 bits per heavy atom. The van der Waals surface area contributed by atoms with Crippen molar-refractivity contribution in [3.63, 3.8) is 0 Å². The lowest BCUT2D eigenvalue weighted by molar-refractivity contribution is 0.104. The molecule has 7 heteroatoms. The van der Waals surface area contributed by atoms with Crippen molar-refractivity contribution < 1.29 is 18.7 Å². The van der Waals surface area contributed by atoms with Gasteiger partial charge in [0.05, 0.1) is 24.1 Å². The summed E-state index contributed by atoms with van der Waals surface area (Å²) in [5, 5.41) is 5.89. The summed E-state index contributed by atoms with van der Waals surface area (Å²) in [5.41, 5.74) is 0.520.